The van der Waals surface area contributed by atoms with Gasteiger partial charge in [0.15, 0.2) is 0 Å². The third-order valence-electron chi connectivity index (χ3n) is 4.10. The van der Waals surface area contributed by atoms with E-state index >= 15 is 0 Å². The Morgan fingerprint density at radius 2 is 2.11 bits per heavy atom. The number of halogens is 1. The van der Waals surface area contributed by atoms with E-state index in [0.717, 1.165) is 18.7 Å². The fourth-order valence-electron chi connectivity index (χ4n) is 2.82. The summed E-state index contributed by atoms with van der Waals surface area (Å²) in [5.74, 6) is -0.117. The summed E-state index contributed by atoms with van der Waals surface area (Å²) in [6.07, 6.45) is 2.46. The van der Waals surface area contributed by atoms with Crippen molar-refractivity contribution in [2.45, 2.75) is 38.3 Å². The van der Waals surface area contributed by atoms with Crippen molar-refractivity contribution in [3.63, 3.8) is 0 Å². The second kappa shape index (κ2) is 5.37. The smallest absolute Gasteiger partial charge is 0.128 e. The molecule has 0 saturated carbocycles. The number of nitrogens with one attached hydrogen (secondary N) is 1. The van der Waals surface area contributed by atoms with E-state index in [0.29, 0.717) is 0 Å². The Labute approximate surface area is 109 Å². The van der Waals surface area contributed by atoms with Gasteiger partial charge in [0.25, 0.3) is 0 Å². The van der Waals surface area contributed by atoms with Gasteiger partial charge >= 0.3 is 0 Å². The predicted octanol–water partition coefficient (Wildman–Crippen LogP) is 2.96. The van der Waals surface area contributed by atoms with Crippen LogP contribution < -0.4 is 5.32 Å². The molecule has 1 atom stereocenters. The minimum atomic E-state index is -0.117. The van der Waals surface area contributed by atoms with Gasteiger partial charge in [0.2, 0.25) is 0 Å². The number of benzene rings is 1. The van der Waals surface area contributed by atoms with Gasteiger partial charge in [0.05, 0.1) is 0 Å². The molecule has 18 heavy (non-hydrogen) atoms. The molecule has 1 unspecified atom stereocenters. The Kier molecular flexibility index (Phi) is 4.03. The first-order chi connectivity index (χ1) is 8.54. The molecule has 0 aromatic heterocycles. The molecular weight excluding hydrogens is 227 g/mol. The average molecular weight is 250 g/mol. The van der Waals surface area contributed by atoms with Gasteiger partial charge < -0.3 is 5.32 Å². The topological polar surface area (TPSA) is 15.3 Å². The lowest BCUT2D eigenvalue weighted by molar-refractivity contribution is 0.157. The fraction of sp³-hybridized carbons (Fsp3) is 0.600. The molecule has 1 aromatic rings. The third kappa shape index (κ3) is 2.73. The lowest BCUT2D eigenvalue weighted by atomic mass is 10.00. The van der Waals surface area contributed by atoms with Crippen molar-refractivity contribution in [1.29, 1.82) is 0 Å². The Hall–Kier alpha value is -0.930. The van der Waals surface area contributed by atoms with E-state index in [1.165, 1.54) is 18.9 Å². The van der Waals surface area contributed by atoms with Crippen molar-refractivity contribution in [1.82, 2.24) is 10.2 Å². The van der Waals surface area contributed by atoms with Crippen molar-refractivity contribution in [2.24, 2.45) is 0 Å². The molecule has 0 bridgehead atoms. The molecular formula is C15H23FN2. The molecule has 1 N–H and O–H groups in total. The first kappa shape index (κ1) is 13.5. The van der Waals surface area contributed by atoms with Crippen LogP contribution in [0.4, 0.5) is 4.39 Å². The number of likely N-dealkylation sites (N-methyl/N-ethyl adjacent to an activating group) is 1. The molecule has 0 spiro atoms. The van der Waals surface area contributed by atoms with E-state index in [4.69, 9.17) is 0 Å². The minimum Gasteiger partial charge on any atom is -0.312 e. The molecule has 2 rings (SSSR count). The molecule has 2 nitrogen and oxygen atoms in total. The van der Waals surface area contributed by atoms with Crippen molar-refractivity contribution in [2.75, 3.05) is 20.1 Å². The highest BCUT2D eigenvalue weighted by atomic mass is 19.1. The van der Waals surface area contributed by atoms with Crippen molar-refractivity contribution in [3.05, 3.63) is 35.6 Å². The molecule has 1 saturated heterocycles. The van der Waals surface area contributed by atoms with E-state index in [1.54, 1.807) is 6.07 Å². The number of hydrogen-bond acceptors (Lipinski definition) is 2. The van der Waals surface area contributed by atoms with E-state index in [9.17, 15) is 4.39 Å². The summed E-state index contributed by atoms with van der Waals surface area (Å²) in [6, 6.07) is 7.11. The largest absolute Gasteiger partial charge is 0.312 e. The van der Waals surface area contributed by atoms with Gasteiger partial charge in [-0.25, -0.2) is 4.39 Å². The molecule has 1 aliphatic rings. The zero-order valence-corrected chi connectivity index (χ0v) is 11.5. The lowest BCUT2D eigenvalue weighted by Crippen LogP contribution is -2.43. The van der Waals surface area contributed by atoms with E-state index < -0.39 is 0 Å². The van der Waals surface area contributed by atoms with Crippen LogP contribution in [0.15, 0.2) is 24.3 Å². The molecule has 0 amide bonds. The summed E-state index contributed by atoms with van der Waals surface area (Å²) in [4.78, 5) is 2.46. The highest BCUT2D eigenvalue weighted by Crippen LogP contribution is 2.30. The Morgan fingerprint density at radius 3 is 2.67 bits per heavy atom. The van der Waals surface area contributed by atoms with Crippen LogP contribution in [-0.2, 0) is 0 Å². The van der Waals surface area contributed by atoms with Gasteiger partial charge in [0.1, 0.15) is 5.82 Å². The Bertz CT molecular complexity index is 403. The maximum Gasteiger partial charge on any atom is 0.128 e. The van der Waals surface area contributed by atoms with Gasteiger partial charge in [-0.3, -0.25) is 4.90 Å². The molecule has 1 heterocycles. The standard InChI is InChI=1S/C15H23FN2/c1-15(2)9-6-10-18(15)11-14(17-3)12-7-4-5-8-13(12)16/h4-5,7-8,14,17H,6,9-11H2,1-3H3. The van der Waals surface area contributed by atoms with Crippen molar-refractivity contribution >= 4 is 0 Å². The molecule has 1 aromatic carbocycles. The number of rotatable bonds is 4. The van der Waals surface area contributed by atoms with E-state index in [2.05, 4.69) is 24.1 Å². The van der Waals surface area contributed by atoms with Crippen LogP contribution in [-0.4, -0.2) is 30.6 Å². The van der Waals surface area contributed by atoms with E-state index in [-0.39, 0.29) is 17.4 Å². The Balaban J connectivity index is 2.13. The molecule has 100 valence electrons. The van der Waals surface area contributed by atoms with Crippen LogP contribution in [0, 0.1) is 5.82 Å². The second-order valence-corrected chi connectivity index (χ2v) is 5.72. The first-order valence-electron chi connectivity index (χ1n) is 6.71. The zero-order chi connectivity index (χ0) is 13.2. The first-order valence-corrected chi connectivity index (χ1v) is 6.71. The van der Waals surface area contributed by atoms with Crippen LogP contribution >= 0.6 is 0 Å². The molecule has 1 aliphatic heterocycles. The number of likely N-dealkylation sites (tertiary alicyclic amines) is 1. The van der Waals surface area contributed by atoms with Crippen LogP contribution in [0.5, 0.6) is 0 Å². The summed E-state index contributed by atoms with van der Waals surface area (Å²) in [5.41, 5.74) is 1.00. The molecule has 0 radical (unpaired) electrons. The monoisotopic (exact) mass is 250 g/mol. The fourth-order valence-corrected chi connectivity index (χ4v) is 2.82. The normalized spacial score (nSPS) is 21.1. The summed E-state index contributed by atoms with van der Waals surface area (Å²) < 4.78 is 13.8. The zero-order valence-electron chi connectivity index (χ0n) is 11.5. The minimum absolute atomic E-state index is 0.0589. The summed E-state index contributed by atoms with van der Waals surface area (Å²) in [7, 11) is 1.90. The maximum absolute atomic E-state index is 13.8. The molecule has 1 fully saturated rings. The third-order valence-corrected chi connectivity index (χ3v) is 4.10. The highest BCUT2D eigenvalue weighted by molar-refractivity contribution is 5.21. The summed E-state index contributed by atoms with van der Waals surface area (Å²) >= 11 is 0. The van der Waals surface area contributed by atoms with Crippen LogP contribution in [0.2, 0.25) is 0 Å². The van der Waals surface area contributed by atoms with Crippen molar-refractivity contribution < 1.29 is 4.39 Å². The quantitative estimate of drug-likeness (QED) is 0.884. The van der Waals surface area contributed by atoms with Crippen LogP contribution in [0.1, 0.15) is 38.3 Å². The average Bonchev–Trinajstić information content (AvgIpc) is 2.66. The Morgan fingerprint density at radius 1 is 1.39 bits per heavy atom. The van der Waals surface area contributed by atoms with Crippen molar-refractivity contribution in [3.8, 4) is 0 Å². The van der Waals surface area contributed by atoms with Gasteiger partial charge in [0, 0.05) is 23.7 Å². The van der Waals surface area contributed by atoms with Gasteiger partial charge in [-0.05, 0) is 46.3 Å². The van der Waals surface area contributed by atoms with Crippen LogP contribution in [0.3, 0.4) is 0 Å². The van der Waals surface area contributed by atoms with Gasteiger partial charge in [-0.15, -0.1) is 0 Å². The lowest BCUT2D eigenvalue weighted by Gasteiger charge is -2.34. The van der Waals surface area contributed by atoms with E-state index in [1.807, 2.05) is 19.2 Å². The maximum atomic E-state index is 13.8. The van der Waals surface area contributed by atoms with Gasteiger partial charge in [-0.1, -0.05) is 18.2 Å². The summed E-state index contributed by atoms with van der Waals surface area (Å²) in [5, 5.41) is 3.24. The van der Waals surface area contributed by atoms with Gasteiger partial charge in [-0.2, -0.15) is 0 Å². The SMILES string of the molecule is CNC(CN1CCCC1(C)C)c1ccccc1F. The number of nitrogens with zero attached hydrogens (tertiary/aromatic N) is 1. The second-order valence-electron chi connectivity index (χ2n) is 5.72. The predicted molar refractivity (Wildman–Crippen MR) is 73.1 cm³/mol. The summed E-state index contributed by atoms with van der Waals surface area (Å²) in [6.45, 7) is 6.52. The highest BCUT2D eigenvalue weighted by Gasteiger charge is 2.33. The number of hydrogen-bond donors (Lipinski definition) is 1. The van der Waals surface area contributed by atoms with Crippen LogP contribution in [0.25, 0.3) is 0 Å². The molecule has 0 aliphatic carbocycles. The molecule has 3 heteroatoms.